The predicted octanol–water partition coefficient (Wildman–Crippen LogP) is 2.15. The van der Waals surface area contributed by atoms with Gasteiger partial charge in [-0.05, 0) is 31.9 Å². The van der Waals surface area contributed by atoms with E-state index in [-0.39, 0.29) is 11.9 Å². The first kappa shape index (κ1) is 13.9. The number of aromatic amines is 1. The van der Waals surface area contributed by atoms with Crippen molar-refractivity contribution in [1.82, 2.24) is 29.9 Å². The monoisotopic (exact) mass is 310 g/mol. The van der Waals surface area contributed by atoms with Crippen LogP contribution in [0.2, 0.25) is 0 Å². The zero-order chi connectivity index (χ0) is 15.8. The van der Waals surface area contributed by atoms with E-state index in [1.165, 1.54) is 6.20 Å². The summed E-state index contributed by atoms with van der Waals surface area (Å²) >= 11 is 0. The summed E-state index contributed by atoms with van der Waals surface area (Å²) < 4.78 is 2.20. The molecule has 3 aromatic rings. The zero-order valence-corrected chi connectivity index (χ0v) is 12.9. The first-order valence-corrected chi connectivity index (χ1v) is 7.91. The number of rotatable bonds is 3. The number of carbonyl (C=O) groups is 1. The third-order valence-electron chi connectivity index (χ3n) is 4.45. The highest BCUT2D eigenvalue weighted by atomic mass is 16.2. The molecule has 1 fully saturated rings. The summed E-state index contributed by atoms with van der Waals surface area (Å²) in [5.74, 6) is 0.874. The van der Waals surface area contributed by atoms with Crippen molar-refractivity contribution in [3.8, 4) is 0 Å². The number of para-hydroxylation sites is 2. The standard InChI is InChI=1S/C16H18N6O/c1-2-21-13-7-4-3-6-11(13)18-15(21)14-8-5-9-22(14)16(23)12-10-17-20-19-12/h3-4,6-7,10,14H,2,5,8-9H2,1H3,(H,17,19,20). The Morgan fingerprint density at radius 1 is 1.39 bits per heavy atom. The van der Waals surface area contributed by atoms with Crippen LogP contribution in [0.15, 0.2) is 30.5 Å². The van der Waals surface area contributed by atoms with E-state index in [1.54, 1.807) is 0 Å². The fourth-order valence-corrected chi connectivity index (χ4v) is 3.41. The molecule has 1 aliphatic heterocycles. The number of benzene rings is 1. The van der Waals surface area contributed by atoms with Crippen LogP contribution in [0.5, 0.6) is 0 Å². The average molecular weight is 310 g/mol. The van der Waals surface area contributed by atoms with Crippen LogP contribution in [-0.4, -0.2) is 42.3 Å². The van der Waals surface area contributed by atoms with Crippen molar-refractivity contribution in [2.45, 2.75) is 32.4 Å². The Hall–Kier alpha value is -2.70. The third kappa shape index (κ3) is 2.19. The molecule has 0 spiro atoms. The Morgan fingerprint density at radius 3 is 3.04 bits per heavy atom. The van der Waals surface area contributed by atoms with Crippen molar-refractivity contribution in [2.24, 2.45) is 0 Å². The number of carbonyl (C=O) groups excluding carboxylic acids is 1. The van der Waals surface area contributed by atoms with Gasteiger partial charge in [-0.3, -0.25) is 4.79 Å². The smallest absolute Gasteiger partial charge is 0.276 e. The molecule has 23 heavy (non-hydrogen) atoms. The number of imidazole rings is 1. The minimum absolute atomic E-state index is 0.00782. The number of amides is 1. The van der Waals surface area contributed by atoms with Gasteiger partial charge in [0, 0.05) is 13.1 Å². The Balaban J connectivity index is 1.76. The van der Waals surface area contributed by atoms with E-state index in [4.69, 9.17) is 4.98 Å². The molecule has 0 radical (unpaired) electrons. The van der Waals surface area contributed by atoms with Gasteiger partial charge >= 0.3 is 0 Å². The van der Waals surface area contributed by atoms with Crippen LogP contribution < -0.4 is 0 Å². The molecule has 1 saturated heterocycles. The Bertz CT molecular complexity index is 838. The van der Waals surface area contributed by atoms with Crippen LogP contribution in [0.4, 0.5) is 0 Å². The molecule has 4 rings (SSSR count). The molecular weight excluding hydrogens is 292 g/mol. The summed E-state index contributed by atoms with van der Waals surface area (Å²) in [6.07, 6.45) is 3.37. The summed E-state index contributed by atoms with van der Waals surface area (Å²) in [7, 11) is 0. The highest BCUT2D eigenvalue weighted by molar-refractivity contribution is 5.92. The minimum atomic E-state index is -0.0871. The number of nitrogens with one attached hydrogen (secondary N) is 1. The predicted molar refractivity (Wildman–Crippen MR) is 84.8 cm³/mol. The first-order chi connectivity index (χ1) is 11.3. The summed E-state index contributed by atoms with van der Waals surface area (Å²) in [5.41, 5.74) is 2.45. The van der Waals surface area contributed by atoms with Gasteiger partial charge in [-0.15, -0.1) is 0 Å². The molecule has 1 amide bonds. The van der Waals surface area contributed by atoms with Gasteiger partial charge in [0.15, 0.2) is 5.69 Å². The Morgan fingerprint density at radius 2 is 2.26 bits per heavy atom. The number of nitrogens with zero attached hydrogens (tertiary/aromatic N) is 5. The second-order valence-electron chi connectivity index (χ2n) is 5.71. The molecular formula is C16H18N6O. The fraction of sp³-hybridized carbons (Fsp3) is 0.375. The molecule has 3 heterocycles. The molecule has 1 unspecified atom stereocenters. The van der Waals surface area contributed by atoms with Gasteiger partial charge in [-0.25, -0.2) is 4.98 Å². The van der Waals surface area contributed by atoms with Gasteiger partial charge in [-0.1, -0.05) is 12.1 Å². The lowest BCUT2D eigenvalue weighted by Crippen LogP contribution is -2.32. The van der Waals surface area contributed by atoms with Crippen LogP contribution in [0.1, 0.15) is 42.1 Å². The molecule has 2 aromatic heterocycles. The second kappa shape index (κ2) is 5.49. The van der Waals surface area contributed by atoms with E-state index in [0.717, 1.165) is 42.8 Å². The van der Waals surface area contributed by atoms with Gasteiger partial charge < -0.3 is 9.47 Å². The lowest BCUT2D eigenvalue weighted by molar-refractivity contribution is 0.0722. The summed E-state index contributed by atoms with van der Waals surface area (Å²) in [5, 5.41) is 10.2. The minimum Gasteiger partial charge on any atom is -0.327 e. The number of aryl methyl sites for hydroxylation is 1. The van der Waals surface area contributed by atoms with Crippen LogP contribution in [0, 0.1) is 0 Å². The van der Waals surface area contributed by atoms with Gasteiger partial charge in [0.25, 0.3) is 5.91 Å². The van der Waals surface area contributed by atoms with Gasteiger partial charge in [0.05, 0.1) is 23.3 Å². The maximum Gasteiger partial charge on any atom is 0.276 e. The maximum atomic E-state index is 12.7. The molecule has 1 aliphatic rings. The molecule has 118 valence electrons. The lowest BCUT2D eigenvalue weighted by atomic mass is 10.2. The maximum absolute atomic E-state index is 12.7. The van der Waals surface area contributed by atoms with E-state index < -0.39 is 0 Å². The van der Waals surface area contributed by atoms with Crippen molar-refractivity contribution in [2.75, 3.05) is 6.54 Å². The SMILES string of the molecule is CCn1c(C2CCCN2C(=O)c2cn[nH]n2)nc2ccccc21. The van der Waals surface area contributed by atoms with E-state index in [9.17, 15) is 4.79 Å². The van der Waals surface area contributed by atoms with Crippen molar-refractivity contribution in [1.29, 1.82) is 0 Å². The van der Waals surface area contributed by atoms with E-state index in [0.29, 0.717) is 5.69 Å². The summed E-state index contributed by atoms with van der Waals surface area (Å²) in [6, 6.07) is 8.10. The number of fused-ring (bicyclic) bond motifs is 1. The highest BCUT2D eigenvalue weighted by Crippen LogP contribution is 2.34. The molecule has 1 N–H and O–H groups in total. The van der Waals surface area contributed by atoms with Gasteiger partial charge in [-0.2, -0.15) is 15.4 Å². The summed E-state index contributed by atoms with van der Waals surface area (Å²) in [4.78, 5) is 19.3. The van der Waals surface area contributed by atoms with E-state index in [2.05, 4.69) is 33.0 Å². The molecule has 7 nitrogen and oxygen atoms in total. The highest BCUT2D eigenvalue weighted by Gasteiger charge is 2.34. The number of aromatic nitrogens is 5. The fourth-order valence-electron chi connectivity index (χ4n) is 3.41. The van der Waals surface area contributed by atoms with Crippen LogP contribution >= 0.6 is 0 Å². The quantitative estimate of drug-likeness (QED) is 0.804. The van der Waals surface area contributed by atoms with Gasteiger partial charge in [0.2, 0.25) is 0 Å². The summed E-state index contributed by atoms with van der Waals surface area (Å²) in [6.45, 7) is 3.66. The van der Waals surface area contributed by atoms with Crippen molar-refractivity contribution < 1.29 is 4.79 Å². The van der Waals surface area contributed by atoms with Crippen LogP contribution in [-0.2, 0) is 6.54 Å². The van der Waals surface area contributed by atoms with Crippen LogP contribution in [0.25, 0.3) is 11.0 Å². The van der Waals surface area contributed by atoms with Crippen molar-refractivity contribution >= 4 is 16.9 Å². The zero-order valence-electron chi connectivity index (χ0n) is 12.9. The normalized spacial score (nSPS) is 18.0. The average Bonchev–Trinajstić information content (AvgIpc) is 3.31. The molecule has 7 heteroatoms. The van der Waals surface area contributed by atoms with Crippen molar-refractivity contribution in [3.63, 3.8) is 0 Å². The Labute approximate surface area is 133 Å². The second-order valence-corrected chi connectivity index (χ2v) is 5.71. The van der Waals surface area contributed by atoms with Gasteiger partial charge in [0.1, 0.15) is 5.82 Å². The first-order valence-electron chi connectivity index (χ1n) is 7.91. The lowest BCUT2D eigenvalue weighted by Gasteiger charge is -2.24. The topological polar surface area (TPSA) is 79.7 Å². The Kier molecular flexibility index (Phi) is 3.33. The van der Waals surface area contributed by atoms with Crippen LogP contribution in [0.3, 0.4) is 0 Å². The number of hydrogen-bond donors (Lipinski definition) is 1. The number of H-pyrrole nitrogens is 1. The van der Waals surface area contributed by atoms with Crippen molar-refractivity contribution in [3.05, 3.63) is 42.0 Å². The molecule has 1 aromatic carbocycles. The number of hydrogen-bond acceptors (Lipinski definition) is 4. The molecule has 0 saturated carbocycles. The third-order valence-corrected chi connectivity index (χ3v) is 4.45. The van der Waals surface area contributed by atoms with E-state index in [1.807, 2.05) is 23.1 Å². The number of likely N-dealkylation sites (tertiary alicyclic amines) is 1. The molecule has 1 atom stereocenters. The van der Waals surface area contributed by atoms with E-state index >= 15 is 0 Å². The molecule has 0 aliphatic carbocycles. The largest absolute Gasteiger partial charge is 0.327 e. The molecule has 0 bridgehead atoms.